The van der Waals surface area contributed by atoms with E-state index in [1.54, 1.807) is 12.1 Å². The highest BCUT2D eigenvalue weighted by atomic mass is 16.5. The number of amides is 4. The first-order chi connectivity index (χ1) is 17.4. The molecule has 0 aliphatic carbocycles. The zero-order valence-corrected chi connectivity index (χ0v) is 21.6. The van der Waals surface area contributed by atoms with E-state index in [0.717, 1.165) is 0 Å². The summed E-state index contributed by atoms with van der Waals surface area (Å²) < 4.78 is 10.7. The summed E-state index contributed by atoms with van der Waals surface area (Å²) in [6.07, 6.45) is 1.15. The van der Waals surface area contributed by atoms with Crippen molar-refractivity contribution < 1.29 is 28.7 Å². The quantitative estimate of drug-likeness (QED) is 0.614. The van der Waals surface area contributed by atoms with Crippen molar-refractivity contribution in [2.24, 2.45) is 11.3 Å². The van der Waals surface area contributed by atoms with Crippen molar-refractivity contribution in [3.8, 4) is 11.8 Å². The van der Waals surface area contributed by atoms with Gasteiger partial charge in [0.25, 0.3) is 5.91 Å². The Morgan fingerprint density at radius 3 is 2.73 bits per heavy atom. The van der Waals surface area contributed by atoms with E-state index in [9.17, 15) is 24.4 Å². The number of fused-ring (bicyclic) bond motifs is 1. The number of hydrogen-bond donors (Lipinski definition) is 2. The monoisotopic (exact) mass is 512 g/mol. The Balaban J connectivity index is 1.60. The Morgan fingerprint density at radius 2 is 2.08 bits per heavy atom. The van der Waals surface area contributed by atoms with Crippen LogP contribution in [0, 0.1) is 22.7 Å². The van der Waals surface area contributed by atoms with Gasteiger partial charge in [-0.3, -0.25) is 14.4 Å². The average Bonchev–Trinajstić information content (AvgIpc) is 3.42. The van der Waals surface area contributed by atoms with Crippen molar-refractivity contribution in [2.45, 2.75) is 64.3 Å². The van der Waals surface area contributed by atoms with Crippen LogP contribution in [0.15, 0.2) is 18.3 Å². The van der Waals surface area contributed by atoms with Crippen LogP contribution in [0.2, 0.25) is 0 Å². The van der Waals surface area contributed by atoms with Crippen LogP contribution in [0.25, 0.3) is 0 Å². The van der Waals surface area contributed by atoms with E-state index in [4.69, 9.17) is 9.47 Å². The van der Waals surface area contributed by atoms with Gasteiger partial charge in [0.1, 0.15) is 18.1 Å². The zero-order chi connectivity index (χ0) is 27.1. The molecule has 1 aromatic rings. The number of nitriles is 1. The van der Waals surface area contributed by atoms with Crippen LogP contribution in [0.5, 0.6) is 5.75 Å². The van der Waals surface area contributed by atoms with Gasteiger partial charge >= 0.3 is 6.09 Å². The lowest BCUT2D eigenvalue weighted by molar-refractivity contribution is -0.147. The molecule has 5 unspecified atom stereocenters. The van der Waals surface area contributed by atoms with Gasteiger partial charge in [0, 0.05) is 19.2 Å². The minimum atomic E-state index is -1.44. The fraction of sp³-hybridized carbons (Fsp3) is 0.600. The first-order valence-electron chi connectivity index (χ1n) is 12.2. The molecule has 198 valence electrons. The minimum absolute atomic E-state index is 0.0138. The summed E-state index contributed by atoms with van der Waals surface area (Å²) in [6, 6.07) is 2.75. The Bertz CT molecular complexity index is 1160. The van der Waals surface area contributed by atoms with E-state index in [1.165, 1.54) is 23.1 Å². The number of rotatable bonds is 3. The van der Waals surface area contributed by atoms with Gasteiger partial charge in [-0.2, -0.15) is 5.26 Å². The first-order valence-corrected chi connectivity index (χ1v) is 12.2. The van der Waals surface area contributed by atoms with Gasteiger partial charge in [-0.1, -0.05) is 27.7 Å². The van der Waals surface area contributed by atoms with Crippen molar-refractivity contribution in [3.05, 3.63) is 18.3 Å². The van der Waals surface area contributed by atoms with Crippen molar-refractivity contribution in [2.75, 3.05) is 25.5 Å². The fourth-order valence-electron chi connectivity index (χ4n) is 5.21. The number of likely N-dealkylation sites (tertiary alicyclic amines) is 2. The van der Waals surface area contributed by atoms with Crippen molar-refractivity contribution >= 4 is 29.6 Å². The van der Waals surface area contributed by atoms with Gasteiger partial charge in [-0.15, -0.1) is 0 Å². The molecule has 12 nitrogen and oxygen atoms in total. The molecule has 4 amide bonds. The number of hydrogen-bond acceptors (Lipinski definition) is 8. The van der Waals surface area contributed by atoms with Gasteiger partial charge in [-0.05, 0) is 29.9 Å². The molecular formula is C25H32N6O6. The zero-order valence-electron chi connectivity index (χ0n) is 21.6. The lowest BCUT2D eigenvalue weighted by Crippen LogP contribution is -2.59. The standard InChI is InChI=1S/C25H32N6O6/c1-14-9-16(30(12-14)21(33)18(24(2,3)4)28-23(35)36-5)20(32)31-13-25(10-15(31)11-26)22(34)29-19-17(37-25)7-6-8-27-19/h6-8,14-16,18H,9-10,12-13H2,1-5H3,(H,28,35)(H,27,29,34). The number of carbonyl (C=O) groups is 4. The van der Waals surface area contributed by atoms with E-state index in [-0.39, 0.29) is 24.7 Å². The topological polar surface area (TPSA) is 154 Å². The SMILES string of the molecule is COC(=O)NC(C(=O)N1CC(C)CC1C(=O)N1CC2(CC1C#N)Oc1cccnc1NC2=O)C(C)(C)C. The Labute approximate surface area is 215 Å². The molecule has 3 aliphatic heterocycles. The number of aromatic nitrogens is 1. The molecule has 4 rings (SSSR count). The summed E-state index contributed by atoms with van der Waals surface area (Å²) in [4.78, 5) is 59.5. The molecular weight excluding hydrogens is 480 g/mol. The van der Waals surface area contributed by atoms with Crippen molar-refractivity contribution in [3.63, 3.8) is 0 Å². The molecule has 5 atom stereocenters. The molecule has 4 heterocycles. The van der Waals surface area contributed by atoms with Crippen LogP contribution < -0.4 is 15.4 Å². The number of carbonyl (C=O) groups excluding carboxylic acids is 4. The molecule has 1 aromatic heterocycles. The van der Waals surface area contributed by atoms with Gasteiger partial charge in [-0.25, -0.2) is 9.78 Å². The molecule has 0 saturated carbocycles. The van der Waals surface area contributed by atoms with Gasteiger partial charge in [0.15, 0.2) is 11.6 Å². The van der Waals surface area contributed by atoms with Crippen LogP contribution in [0.3, 0.4) is 0 Å². The third-order valence-corrected chi connectivity index (χ3v) is 7.12. The maximum Gasteiger partial charge on any atom is 0.407 e. The van der Waals surface area contributed by atoms with Crippen LogP contribution in [-0.2, 0) is 19.1 Å². The molecule has 37 heavy (non-hydrogen) atoms. The molecule has 1 spiro atoms. The van der Waals surface area contributed by atoms with Crippen LogP contribution in [0.4, 0.5) is 10.6 Å². The van der Waals surface area contributed by atoms with Crippen LogP contribution >= 0.6 is 0 Å². The normalized spacial score (nSPS) is 27.6. The van der Waals surface area contributed by atoms with Crippen LogP contribution in [-0.4, -0.2) is 82.5 Å². The fourth-order valence-corrected chi connectivity index (χ4v) is 5.21. The maximum absolute atomic E-state index is 13.9. The van der Waals surface area contributed by atoms with Gasteiger partial charge < -0.3 is 29.9 Å². The minimum Gasteiger partial charge on any atom is -0.472 e. The Morgan fingerprint density at radius 1 is 1.35 bits per heavy atom. The summed E-state index contributed by atoms with van der Waals surface area (Å²) in [5.41, 5.74) is -2.10. The number of methoxy groups -OCH3 is 1. The highest BCUT2D eigenvalue weighted by molar-refractivity contribution is 6.01. The highest BCUT2D eigenvalue weighted by Gasteiger charge is 2.57. The molecule has 3 aliphatic rings. The predicted octanol–water partition coefficient (Wildman–Crippen LogP) is 1.28. The highest BCUT2D eigenvalue weighted by Crippen LogP contribution is 2.40. The summed E-state index contributed by atoms with van der Waals surface area (Å²) >= 11 is 0. The third-order valence-electron chi connectivity index (χ3n) is 7.12. The lowest BCUT2D eigenvalue weighted by Gasteiger charge is -2.36. The number of nitrogens with one attached hydrogen (secondary N) is 2. The van der Waals surface area contributed by atoms with Crippen molar-refractivity contribution in [1.29, 1.82) is 5.26 Å². The second-order valence-corrected chi connectivity index (χ2v) is 11.0. The largest absolute Gasteiger partial charge is 0.472 e. The molecule has 0 radical (unpaired) electrons. The summed E-state index contributed by atoms with van der Waals surface area (Å²) in [7, 11) is 1.22. The first kappa shape index (κ1) is 26.2. The summed E-state index contributed by atoms with van der Waals surface area (Å²) in [5, 5.41) is 15.2. The second-order valence-electron chi connectivity index (χ2n) is 11.0. The van der Waals surface area contributed by atoms with E-state index < -0.39 is 53.0 Å². The molecule has 0 aromatic carbocycles. The lowest BCUT2D eigenvalue weighted by atomic mass is 9.85. The third kappa shape index (κ3) is 4.77. The predicted molar refractivity (Wildman–Crippen MR) is 130 cm³/mol. The van der Waals surface area contributed by atoms with E-state index in [0.29, 0.717) is 18.7 Å². The molecule has 0 bridgehead atoms. The molecule has 2 fully saturated rings. The van der Waals surface area contributed by atoms with Crippen LogP contribution in [0.1, 0.15) is 40.5 Å². The number of ether oxygens (including phenoxy) is 2. The van der Waals surface area contributed by atoms with E-state index >= 15 is 0 Å². The van der Waals surface area contributed by atoms with Gasteiger partial charge in [0.05, 0.1) is 19.7 Å². The average molecular weight is 513 g/mol. The Hall–Kier alpha value is -3.88. The molecule has 12 heteroatoms. The number of nitrogens with zero attached hydrogens (tertiary/aromatic N) is 4. The summed E-state index contributed by atoms with van der Waals surface area (Å²) in [5.74, 6) is -0.654. The Kier molecular flexibility index (Phi) is 6.75. The number of pyridine rings is 1. The smallest absolute Gasteiger partial charge is 0.407 e. The summed E-state index contributed by atoms with van der Waals surface area (Å²) in [6.45, 7) is 7.54. The molecule has 2 N–H and O–H groups in total. The van der Waals surface area contributed by atoms with E-state index in [2.05, 4.69) is 21.7 Å². The maximum atomic E-state index is 13.9. The van der Waals surface area contributed by atoms with Gasteiger partial charge in [0.2, 0.25) is 17.4 Å². The number of anilines is 1. The second kappa shape index (κ2) is 9.53. The molecule has 2 saturated heterocycles. The van der Waals surface area contributed by atoms with E-state index in [1.807, 2.05) is 27.7 Å². The van der Waals surface area contributed by atoms with Crippen molar-refractivity contribution in [1.82, 2.24) is 20.1 Å². The number of alkyl carbamates (subject to hydrolysis) is 1.